The van der Waals surface area contributed by atoms with Crippen LogP contribution >= 0.6 is 0 Å². The Bertz CT molecular complexity index is 1040. The van der Waals surface area contributed by atoms with Crippen molar-refractivity contribution >= 4 is 17.1 Å². The largest absolute Gasteiger partial charge is 0.341 e. The second-order valence-electron chi connectivity index (χ2n) is 8.81. The topological polar surface area (TPSA) is 52.9 Å². The summed E-state index contributed by atoms with van der Waals surface area (Å²) < 4.78 is 26.9. The molecule has 0 N–H and O–H groups in total. The number of nitro groups is 1. The van der Waals surface area contributed by atoms with E-state index in [4.69, 9.17) is 0 Å². The summed E-state index contributed by atoms with van der Waals surface area (Å²) in [7, 11) is 0. The van der Waals surface area contributed by atoms with Gasteiger partial charge in [0.05, 0.1) is 4.92 Å². The fraction of sp³-hybridized carbons (Fsp3) is 0.333. The molecule has 35 heavy (non-hydrogen) atoms. The van der Waals surface area contributed by atoms with Gasteiger partial charge in [-0.15, -0.1) is 0 Å². The van der Waals surface area contributed by atoms with Crippen molar-refractivity contribution in [2.75, 3.05) is 50.7 Å². The summed E-state index contributed by atoms with van der Waals surface area (Å²) in [5.41, 5.74) is 3.00. The Labute approximate surface area is 204 Å². The minimum absolute atomic E-state index is 0.125. The lowest BCUT2D eigenvalue weighted by molar-refractivity contribution is -0.384. The highest BCUT2D eigenvalue weighted by atomic mass is 19.1. The van der Waals surface area contributed by atoms with Gasteiger partial charge in [-0.1, -0.05) is 12.1 Å². The molecule has 0 bridgehead atoms. The highest BCUT2D eigenvalue weighted by Crippen LogP contribution is 2.26. The molecule has 0 aliphatic carbocycles. The molecule has 0 spiro atoms. The van der Waals surface area contributed by atoms with E-state index in [2.05, 4.69) is 14.7 Å². The molecular weight excluding hydrogens is 450 g/mol. The van der Waals surface area contributed by atoms with Gasteiger partial charge in [0.1, 0.15) is 11.6 Å². The lowest BCUT2D eigenvalue weighted by Crippen LogP contribution is -2.47. The molecule has 1 fully saturated rings. The summed E-state index contributed by atoms with van der Waals surface area (Å²) in [5, 5.41) is 10.8. The van der Waals surface area contributed by atoms with Gasteiger partial charge >= 0.3 is 0 Å². The number of hydrogen-bond acceptors (Lipinski definition) is 5. The number of benzene rings is 3. The second kappa shape index (κ2) is 11.9. The van der Waals surface area contributed by atoms with Crippen molar-refractivity contribution in [2.24, 2.45) is 0 Å². The number of nitro benzene ring substituents is 1. The summed E-state index contributed by atoms with van der Waals surface area (Å²) in [4.78, 5) is 17.4. The van der Waals surface area contributed by atoms with E-state index in [0.717, 1.165) is 75.6 Å². The molecular formula is C27H30F2N4O2. The molecule has 1 aliphatic rings. The zero-order valence-corrected chi connectivity index (χ0v) is 19.7. The molecule has 6 nitrogen and oxygen atoms in total. The summed E-state index contributed by atoms with van der Waals surface area (Å²) in [6.45, 7) is 6.61. The van der Waals surface area contributed by atoms with Gasteiger partial charge < -0.3 is 14.7 Å². The summed E-state index contributed by atoms with van der Waals surface area (Å²) in [6.07, 6.45) is 1.81. The van der Waals surface area contributed by atoms with E-state index in [0.29, 0.717) is 0 Å². The van der Waals surface area contributed by atoms with Crippen LogP contribution in [0.5, 0.6) is 0 Å². The van der Waals surface area contributed by atoms with Crippen LogP contribution in [0.1, 0.15) is 12.0 Å². The summed E-state index contributed by atoms with van der Waals surface area (Å²) in [6, 6.07) is 19.6. The molecule has 0 unspecified atom stereocenters. The third kappa shape index (κ3) is 7.07. The molecule has 0 aromatic heterocycles. The van der Waals surface area contributed by atoms with Crippen molar-refractivity contribution in [2.45, 2.75) is 12.8 Å². The molecule has 0 atom stereocenters. The van der Waals surface area contributed by atoms with Crippen molar-refractivity contribution in [3.8, 4) is 0 Å². The maximum atomic E-state index is 13.4. The third-order valence-electron chi connectivity index (χ3n) is 6.46. The first-order chi connectivity index (χ1) is 17.0. The second-order valence-corrected chi connectivity index (χ2v) is 8.81. The monoisotopic (exact) mass is 480 g/mol. The minimum atomic E-state index is -0.373. The smallest absolute Gasteiger partial charge is 0.269 e. The van der Waals surface area contributed by atoms with Crippen LogP contribution in [0.25, 0.3) is 0 Å². The summed E-state index contributed by atoms with van der Waals surface area (Å²) in [5.74, 6) is -0.557. The molecule has 184 valence electrons. The lowest BCUT2D eigenvalue weighted by atomic mass is 10.1. The highest BCUT2D eigenvalue weighted by Gasteiger charge is 2.17. The van der Waals surface area contributed by atoms with Crippen LogP contribution in [0.2, 0.25) is 0 Å². The van der Waals surface area contributed by atoms with E-state index in [1.165, 1.54) is 24.3 Å². The van der Waals surface area contributed by atoms with Crippen molar-refractivity contribution < 1.29 is 13.7 Å². The Hall–Kier alpha value is -3.36. The van der Waals surface area contributed by atoms with Crippen LogP contribution in [-0.4, -0.2) is 60.5 Å². The first-order valence-electron chi connectivity index (χ1n) is 11.9. The van der Waals surface area contributed by atoms with Crippen LogP contribution < -0.4 is 4.90 Å². The SMILES string of the molecule is O=[N+]([O-])c1ccc(CCN2CCN(CCCN(c3ccc(F)cc3)c3ccc(F)cc3)CC2)cc1. The average molecular weight is 481 g/mol. The molecule has 1 aliphatic heterocycles. The number of rotatable bonds is 10. The average Bonchev–Trinajstić information content (AvgIpc) is 2.88. The maximum Gasteiger partial charge on any atom is 0.269 e. The van der Waals surface area contributed by atoms with Gasteiger partial charge in [-0.2, -0.15) is 0 Å². The highest BCUT2D eigenvalue weighted by molar-refractivity contribution is 5.63. The molecule has 8 heteroatoms. The first kappa shape index (κ1) is 24.8. The lowest BCUT2D eigenvalue weighted by Gasteiger charge is -2.35. The van der Waals surface area contributed by atoms with Gasteiger partial charge in [0.15, 0.2) is 0 Å². The number of hydrogen-bond donors (Lipinski definition) is 0. The standard InChI is InChI=1S/C27H30F2N4O2/c28-23-4-10-25(11-5-23)32(26-12-6-24(29)7-13-26)16-1-15-30-18-20-31(21-19-30)17-14-22-2-8-27(9-3-22)33(34)35/h2-13H,1,14-21H2. The van der Waals surface area contributed by atoms with Crippen molar-refractivity contribution in [1.29, 1.82) is 0 Å². The van der Waals surface area contributed by atoms with Crippen molar-refractivity contribution in [1.82, 2.24) is 9.80 Å². The predicted molar refractivity (Wildman–Crippen MR) is 134 cm³/mol. The molecule has 1 saturated heterocycles. The van der Waals surface area contributed by atoms with E-state index < -0.39 is 0 Å². The molecule has 4 rings (SSSR count). The number of piperazine rings is 1. The first-order valence-corrected chi connectivity index (χ1v) is 11.9. The van der Waals surface area contributed by atoms with Gasteiger partial charge in [0.25, 0.3) is 5.69 Å². The molecule has 3 aromatic carbocycles. The minimum Gasteiger partial charge on any atom is -0.341 e. The van der Waals surface area contributed by atoms with Gasteiger partial charge in [-0.25, -0.2) is 8.78 Å². The van der Waals surface area contributed by atoms with Gasteiger partial charge in [-0.3, -0.25) is 10.1 Å². The Morgan fingerprint density at radius 1 is 0.743 bits per heavy atom. The quantitative estimate of drug-likeness (QED) is 0.293. The molecule has 1 heterocycles. The van der Waals surface area contributed by atoms with Crippen LogP contribution in [0, 0.1) is 21.7 Å². The maximum absolute atomic E-state index is 13.4. The van der Waals surface area contributed by atoms with Crippen molar-refractivity contribution in [3.63, 3.8) is 0 Å². The van der Waals surface area contributed by atoms with Crippen molar-refractivity contribution in [3.05, 3.63) is 100 Å². The summed E-state index contributed by atoms with van der Waals surface area (Å²) >= 11 is 0. The zero-order valence-electron chi connectivity index (χ0n) is 19.7. The fourth-order valence-corrected chi connectivity index (χ4v) is 4.41. The Kier molecular flexibility index (Phi) is 8.39. The van der Waals surface area contributed by atoms with E-state index >= 15 is 0 Å². The van der Waals surface area contributed by atoms with E-state index in [-0.39, 0.29) is 22.2 Å². The molecule has 0 amide bonds. The Balaban J connectivity index is 1.23. The Morgan fingerprint density at radius 3 is 1.71 bits per heavy atom. The Morgan fingerprint density at radius 2 is 1.23 bits per heavy atom. The molecule has 0 saturated carbocycles. The van der Waals surface area contributed by atoms with Gasteiger partial charge in [-0.05, 0) is 73.5 Å². The van der Waals surface area contributed by atoms with Gasteiger partial charge in [0.2, 0.25) is 0 Å². The van der Waals surface area contributed by atoms with E-state index in [1.54, 1.807) is 36.4 Å². The number of halogens is 2. The molecule has 0 radical (unpaired) electrons. The molecule has 3 aromatic rings. The van der Waals surface area contributed by atoms with Crippen LogP contribution in [0.15, 0.2) is 72.8 Å². The van der Waals surface area contributed by atoms with Crippen LogP contribution in [-0.2, 0) is 6.42 Å². The number of anilines is 2. The number of nitrogens with zero attached hydrogens (tertiary/aromatic N) is 4. The normalized spacial score (nSPS) is 14.7. The van der Waals surface area contributed by atoms with Crippen LogP contribution in [0.4, 0.5) is 25.8 Å². The predicted octanol–water partition coefficient (Wildman–Crippen LogP) is 5.26. The van der Waals surface area contributed by atoms with Gasteiger partial charge in [0, 0.05) is 62.8 Å². The van der Waals surface area contributed by atoms with E-state index in [9.17, 15) is 18.9 Å². The number of non-ortho nitro benzene ring substituents is 1. The van der Waals surface area contributed by atoms with E-state index in [1.807, 2.05) is 12.1 Å². The fourth-order valence-electron chi connectivity index (χ4n) is 4.41. The van der Waals surface area contributed by atoms with Crippen LogP contribution in [0.3, 0.4) is 0 Å². The third-order valence-corrected chi connectivity index (χ3v) is 6.46. The zero-order chi connectivity index (χ0) is 24.6.